The number of rotatable bonds is 4. The Balaban J connectivity index is 1.40. The van der Waals surface area contributed by atoms with Gasteiger partial charge in [-0.15, -0.1) is 4.72 Å². The Morgan fingerprint density at radius 3 is 2.70 bits per heavy atom. The smallest absolute Gasteiger partial charge is 0.183 e. The van der Waals surface area contributed by atoms with Crippen LogP contribution in [0.4, 0.5) is 5.82 Å². The number of nitrogens with zero attached hydrogens (tertiary/aromatic N) is 5. The third-order valence-corrected chi connectivity index (χ3v) is 10.3. The lowest BCUT2D eigenvalue weighted by Gasteiger charge is -2.42. The van der Waals surface area contributed by atoms with Gasteiger partial charge in [-0.2, -0.15) is 5.10 Å². The molecule has 8 nitrogen and oxygen atoms in total. The van der Waals surface area contributed by atoms with Crippen LogP contribution in [0.1, 0.15) is 45.2 Å². The van der Waals surface area contributed by atoms with E-state index in [-0.39, 0.29) is 10.8 Å². The van der Waals surface area contributed by atoms with Gasteiger partial charge >= 0.3 is 0 Å². The van der Waals surface area contributed by atoms with Gasteiger partial charge in [-0.1, -0.05) is 18.2 Å². The highest BCUT2D eigenvalue weighted by molar-refractivity contribution is 14.2. The second kappa shape index (κ2) is 9.20. The van der Waals surface area contributed by atoms with Gasteiger partial charge in [0.15, 0.2) is 9.35 Å². The number of nitrogens with one attached hydrogen (secondary N) is 1. The molecule has 1 fully saturated rings. The highest BCUT2D eigenvalue weighted by Gasteiger charge is 2.53. The van der Waals surface area contributed by atoms with Crippen LogP contribution >= 0.6 is 51.0 Å². The molecule has 2 aliphatic rings. The number of hydrogen-bond acceptors (Lipinski definition) is 7. The zero-order valence-electron chi connectivity index (χ0n) is 18.5. The molecule has 3 aromatic rings. The predicted molar refractivity (Wildman–Crippen MR) is 151 cm³/mol. The molecule has 0 amide bonds. The molecule has 0 saturated carbocycles. The van der Waals surface area contributed by atoms with Gasteiger partial charge in [-0.05, 0) is 71.5 Å². The van der Waals surface area contributed by atoms with E-state index < -0.39 is 17.0 Å². The summed E-state index contributed by atoms with van der Waals surface area (Å²) < 4.78 is 25.5. The second-order valence-corrected chi connectivity index (χ2v) is 14.4. The first kappa shape index (κ1) is 24.2. The van der Waals surface area contributed by atoms with E-state index in [0.717, 1.165) is 57.9 Å². The van der Waals surface area contributed by atoms with Crippen LogP contribution in [0, 0.1) is 3.70 Å². The van der Waals surface area contributed by atoms with Crippen molar-refractivity contribution in [2.45, 2.75) is 50.0 Å². The van der Waals surface area contributed by atoms with Gasteiger partial charge in [-0.3, -0.25) is 0 Å². The van der Waals surface area contributed by atoms with E-state index in [1.165, 1.54) is 0 Å². The van der Waals surface area contributed by atoms with Crippen molar-refractivity contribution in [3.05, 3.63) is 39.7 Å². The van der Waals surface area contributed by atoms with Crippen molar-refractivity contribution in [2.75, 3.05) is 18.0 Å². The fourth-order valence-corrected chi connectivity index (χ4v) is 7.48. The van der Waals surface area contributed by atoms with Gasteiger partial charge in [0, 0.05) is 42.9 Å². The highest BCUT2D eigenvalue weighted by Crippen LogP contribution is 2.49. The fourth-order valence-electron chi connectivity index (χ4n) is 4.39. The van der Waals surface area contributed by atoms with Crippen LogP contribution < -0.4 is 14.4 Å². The van der Waals surface area contributed by atoms with E-state index in [9.17, 15) is 4.55 Å². The van der Waals surface area contributed by atoms with Crippen LogP contribution in [0.15, 0.2) is 30.5 Å². The summed E-state index contributed by atoms with van der Waals surface area (Å²) in [6.45, 7) is 7.54. The Morgan fingerprint density at radius 2 is 2.00 bits per heavy atom. The molecule has 2 aromatic heterocycles. The summed E-state index contributed by atoms with van der Waals surface area (Å²) in [6.07, 6.45) is 3.91. The van der Waals surface area contributed by atoms with Crippen molar-refractivity contribution in [3.63, 3.8) is 0 Å². The van der Waals surface area contributed by atoms with Crippen LogP contribution in [-0.4, -0.2) is 47.5 Å². The van der Waals surface area contributed by atoms with Crippen LogP contribution in [-0.2, 0) is 11.4 Å². The first-order chi connectivity index (χ1) is 15.7. The molecule has 33 heavy (non-hydrogen) atoms. The summed E-state index contributed by atoms with van der Waals surface area (Å²) in [5, 5.41) is 4.54. The van der Waals surface area contributed by atoms with Crippen molar-refractivity contribution in [2.24, 2.45) is 0 Å². The van der Waals surface area contributed by atoms with Gasteiger partial charge in [0.2, 0.25) is 0 Å². The molecule has 0 bridgehead atoms. The van der Waals surface area contributed by atoms with Gasteiger partial charge < -0.3 is 14.2 Å². The number of halogens is 2. The molecule has 3 atom stereocenters. The normalized spacial score (nSPS) is 21.2. The Hall–Kier alpha value is -0.470. The van der Waals surface area contributed by atoms with Crippen molar-refractivity contribution in [1.29, 1.82) is 0 Å². The summed E-state index contributed by atoms with van der Waals surface area (Å²) >= 11 is 3.33. The lowest BCUT2D eigenvalue weighted by atomic mass is 9.83. The first-order valence-electron chi connectivity index (χ1n) is 10.7. The standard InChI is InChI=1S/C21H25I2N6O2PS/c1-20(2,3)33(30)27-17-13-6-4-5-7-14(13)31-21(17)8-10-28(11-9-21)15-12-24-16-18(22)26-29(32-23)19(16)25-15/h4-7,12,17,27,32H,8-11H2,1-3H3/t17-,33?/m1/s1. The lowest BCUT2D eigenvalue weighted by Crippen LogP contribution is -2.55. The summed E-state index contributed by atoms with van der Waals surface area (Å²) in [7, 11) is 0. The molecule has 1 N–H and O–H groups in total. The Labute approximate surface area is 224 Å². The Bertz CT molecular complexity index is 1180. The van der Waals surface area contributed by atoms with E-state index in [4.69, 9.17) is 9.72 Å². The van der Waals surface area contributed by atoms with Gasteiger partial charge in [-0.25, -0.2) is 14.4 Å². The van der Waals surface area contributed by atoms with E-state index >= 15 is 0 Å². The molecule has 5 rings (SSSR count). The van der Waals surface area contributed by atoms with Gasteiger partial charge in [0.25, 0.3) is 0 Å². The van der Waals surface area contributed by atoms with Crippen molar-refractivity contribution in [3.8, 4) is 5.75 Å². The quantitative estimate of drug-likeness (QED) is 0.238. The molecular weight excluding hydrogens is 685 g/mol. The van der Waals surface area contributed by atoms with Crippen LogP contribution in [0.3, 0.4) is 0 Å². The molecule has 2 unspecified atom stereocenters. The zero-order chi connectivity index (χ0) is 23.4. The Kier molecular flexibility index (Phi) is 6.75. The largest absolute Gasteiger partial charge is 0.598 e. The molecular formula is C21H25I2N6O2PS. The maximum Gasteiger partial charge on any atom is 0.183 e. The average molecular weight is 710 g/mol. The van der Waals surface area contributed by atoms with Crippen molar-refractivity contribution < 1.29 is 9.29 Å². The maximum atomic E-state index is 13.0. The molecule has 4 heterocycles. The van der Waals surface area contributed by atoms with Crippen molar-refractivity contribution in [1.82, 2.24) is 24.2 Å². The molecule has 1 spiro atoms. The molecule has 1 aromatic carbocycles. The van der Waals surface area contributed by atoms with E-state index in [1.54, 1.807) is 0 Å². The third-order valence-electron chi connectivity index (χ3n) is 6.19. The monoisotopic (exact) mass is 710 g/mol. The molecule has 2 aliphatic heterocycles. The summed E-state index contributed by atoms with van der Waals surface area (Å²) in [5.41, 5.74) is 2.33. The van der Waals surface area contributed by atoms with Crippen LogP contribution in [0.25, 0.3) is 11.2 Å². The minimum Gasteiger partial charge on any atom is -0.598 e. The maximum absolute atomic E-state index is 13.0. The number of aromatic nitrogens is 4. The predicted octanol–water partition coefficient (Wildman–Crippen LogP) is 4.75. The van der Waals surface area contributed by atoms with Crippen molar-refractivity contribution >= 4 is 79.3 Å². The number of hydrogen-bond donors (Lipinski definition) is 1. The number of benzene rings is 1. The third kappa shape index (κ3) is 4.46. The number of anilines is 1. The van der Waals surface area contributed by atoms with Gasteiger partial charge in [0.05, 0.1) is 12.6 Å². The summed E-state index contributed by atoms with van der Waals surface area (Å²) in [5.74, 6) is 1.75. The fraction of sp³-hybridized carbons (Fsp3) is 0.476. The lowest BCUT2D eigenvalue weighted by molar-refractivity contribution is 0.0379. The summed E-state index contributed by atoms with van der Waals surface area (Å²) in [4.78, 5) is 11.8. The average Bonchev–Trinajstić information content (AvgIpc) is 3.27. The first-order valence-corrected chi connectivity index (χ1v) is 17.0. The van der Waals surface area contributed by atoms with E-state index in [0.29, 0.717) is 6.37 Å². The molecule has 0 radical (unpaired) electrons. The van der Waals surface area contributed by atoms with E-state index in [2.05, 4.69) is 70.4 Å². The minimum atomic E-state index is -1.20. The SMILES string of the molecule is CC(C)(C)[S+]([O-])N[C@@H]1c2ccccc2OC12CCN(c1cnc3c(I)nn(PI)c3n1)CC2. The minimum absolute atomic E-state index is 0.118. The number of piperidine rings is 1. The van der Waals surface area contributed by atoms with Crippen LogP contribution in [0.2, 0.25) is 0 Å². The topological polar surface area (TPSA) is 91.2 Å². The molecule has 176 valence electrons. The number of fused-ring (bicyclic) bond motifs is 2. The molecule has 12 heteroatoms. The molecule has 1 saturated heterocycles. The zero-order valence-corrected chi connectivity index (χ0v) is 24.6. The number of para-hydroxylation sites is 1. The highest BCUT2D eigenvalue weighted by atomic mass is 127. The Morgan fingerprint density at radius 1 is 1.27 bits per heavy atom. The van der Waals surface area contributed by atoms with Crippen LogP contribution in [0.5, 0.6) is 5.75 Å². The molecule has 0 aliphatic carbocycles. The summed E-state index contributed by atoms with van der Waals surface area (Å²) in [6, 6.07) is 7.99. The number of ether oxygens (including phenoxy) is 1. The second-order valence-electron chi connectivity index (χ2n) is 9.31. The van der Waals surface area contributed by atoms with E-state index in [1.807, 2.05) is 49.6 Å². The van der Waals surface area contributed by atoms with Gasteiger partial charge in [0.1, 0.15) is 33.5 Å².